The lowest BCUT2D eigenvalue weighted by molar-refractivity contribution is -0.121. The first-order chi connectivity index (χ1) is 17.0. The maximum absolute atomic E-state index is 13.2. The number of carbonyl (C=O) groups excluding carboxylic acids is 1. The molecule has 0 radical (unpaired) electrons. The molecular formula is C27H28N6OS. The fourth-order valence-electron chi connectivity index (χ4n) is 4.78. The number of rotatable bonds is 6. The summed E-state index contributed by atoms with van der Waals surface area (Å²) in [5, 5.41) is 23.2. The molecule has 2 N–H and O–H groups in total. The summed E-state index contributed by atoms with van der Waals surface area (Å²) in [6.45, 7) is 3.91. The van der Waals surface area contributed by atoms with Gasteiger partial charge in [0, 0.05) is 22.7 Å². The number of nitrogens with one attached hydrogen (secondary N) is 2. The molecule has 1 fully saturated rings. The van der Waals surface area contributed by atoms with Crippen molar-refractivity contribution in [2.75, 3.05) is 0 Å². The third kappa shape index (κ3) is 4.44. The quantitative estimate of drug-likeness (QED) is 0.350. The van der Waals surface area contributed by atoms with Gasteiger partial charge in [0.1, 0.15) is 5.54 Å². The van der Waals surface area contributed by atoms with Crippen LogP contribution in [0.25, 0.3) is 28.0 Å². The lowest BCUT2D eigenvalue weighted by Crippen LogP contribution is -2.50. The van der Waals surface area contributed by atoms with Crippen LogP contribution in [-0.4, -0.2) is 36.4 Å². The standard InChI is InChI=1S/C27H28N6OS/c1-18-10-4-7-13-23(18)33-24(21-16-29-22-12-6-5-11-20(21)22)31-32-26(33)35-19(2)25(34)30-27(17-28)14-8-3-9-15-27/h4-7,10-13,16,19,29H,3,8-9,14-15H2,1-2H3,(H,30,34). The minimum absolute atomic E-state index is 0.147. The van der Waals surface area contributed by atoms with Crippen molar-refractivity contribution in [3.05, 3.63) is 60.3 Å². The second kappa shape index (κ2) is 9.59. The van der Waals surface area contributed by atoms with Gasteiger partial charge in [0.05, 0.1) is 17.0 Å². The number of nitriles is 1. The van der Waals surface area contributed by atoms with Gasteiger partial charge in [-0.3, -0.25) is 9.36 Å². The lowest BCUT2D eigenvalue weighted by Gasteiger charge is -2.32. The zero-order valence-electron chi connectivity index (χ0n) is 19.9. The maximum atomic E-state index is 13.2. The summed E-state index contributed by atoms with van der Waals surface area (Å²) >= 11 is 1.36. The Morgan fingerprint density at radius 1 is 1.14 bits per heavy atom. The van der Waals surface area contributed by atoms with Gasteiger partial charge in [-0.25, -0.2) is 0 Å². The molecule has 0 spiro atoms. The molecule has 8 heteroatoms. The van der Waals surface area contributed by atoms with Gasteiger partial charge >= 0.3 is 0 Å². The Bertz CT molecular complexity index is 1410. The fraction of sp³-hybridized carbons (Fsp3) is 0.333. The number of nitrogens with zero attached hydrogens (tertiary/aromatic N) is 4. The third-order valence-corrected chi connectivity index (χ3v) is 7.80. The number of carbonyl (C=O) groups is 1. The molecular weight excluding hydrogens is 456 g/mol. The number of para-hydroxylation sites is 2. The van der Waals surface area contributed by atoms with Crippen molar-refractivity contribution in [2.24, 2.45) is 0 Å². The van der Waals surface area contributed by atoms with Crippen LogP contribution in [0, 0.1) is 18.3 Å². The van der Waals surface area contributed by atoms with Crippen LogP contribution >= 0.6 is 11.8 Å². The normalized spacial score (nSPS) is 16.0. The molecule has 5 rings (SSSR count). The molecule has 2 heterocycles. The summed E-state index contributed by atoms with van der Waals surface area (Å²) in [6, 6.07) is 18.6. The van der Waals surface area contributed by atoms with Gasteiger partial charge in [-0.1, -0.05) is 67.4 Å². The number of fused-ring (bicyclic) bond motifs is 1. The number of aromatic amines is 1. The molecule has 178 valence electrons. The van der Waals surface area contributed by atoms with E-state index < -0.39 is 10.8 Å². The van der Waals surface area contributed by atoms with Crippen LogP contribution in [0.15, 0.2) is 59.9 Å². The summed E-state index contributed by atoms with van der Waals surface area (Å²) in [7, 11) is 0. The Hall–Kier alpha value is -3.57. The molecule has 1 aliphatic carbocycles. The van der Waals surface area contributed by atoms with Crippen LogP contribution in [0.1, 0.15) is 44.6 Å². The number of aryl methyl sites for hydroxylation is 1. The van der Waals surface area contributed by atoms with Crippen molar-refractivity contribution < 1.29 is 4.79 Å². The second-order valence-electron chi connectivity index (χ2n) is 9.18. The van der Waals surface area contributed by atoms with E-state index in [1.807, 2.05) is 54.1 Å². The van der Waals surface area contributed by atoms with E-state index in [4.69, 9.17) is 0 Å². The van der Waals surface area contributed by atoms with Crippen LogP contribution in [0.5, 0.6) is 0 Å². The van der Waals surface area contributed by atoms with Crippen LogP contribution < -0.4 is 5.32 Å². The van der Waals surface area contributed by atoms with E-state index in [-0.39, 0.29) is 5.91 Å². The zero-order valence-corrected chi connectivity index (χ0v) is 20.7. The van der Waals surface area contributed by atoms with Crippen molar-refractivity contribution >= 4 is 28.6 Å². The average molecular weight is 485 g/mol. The molecule has 7 nitrogen and oxygen atoms in total. The molecule has 1 atom stereocenters. The van der Waals surface area contributed by atoms with Crippen molar-refractivity contribution in [3.63, 3.8) is 0 Å². The van der Waals surface area contributed by atoms with Gasteiger partial charge < -0.3 is 10.3 Å². The minimum atomic E-state index is -0.761. The molecule has 2 aromatic heterocycles. The number of amides is 1. The first kappa shape index (κ1) is 23.2. The largest absolute Gasteiger partial charge is 0.360 e. The summed E-state index contributed by atoms with van der Waals surface area (Å²) in [6.07, 6.45) is 6.40. The van der Waals surface area contributed by atoms with Crippen LogP contribution in [0.2, 0.25) is 0 Å². The smallest absolute Gasteiger partial charge is 0.234 e. The Morgan fingerprint density at radius 2 is 1.89 bits per heavy atom. The Kier molecular flexibility index (Phi) is 6.35. The van der Waals surface area contributed by atoms with Gasteiger partial charge in [0.15, 0.2) is 11.0 Å². The Labute approximate surface area is 208 Å². The van der Waals surface area contributed by atoms with Crippen molar-refractivity contribution in [3.8, 4) is 23.1 Å². The molecule has 1 saturated carbocycles. The van der Waals surface area contributed by atoms with Crippen LogP contribution in [-0.2, 0) is 4.79 Å². The van der Waals surface area contributed by atoms with E-state index in [1.54, 1.807) is 0 Å². The molecule has 1 unspecified atom stereocenters. The monoisotopic (exact) mass is 484 g/mol. The molecule has 35 heavy (non-hydrogen) atoms. The van der Waals surface area contributed by atoms with E-state index in [1.165, 1.54) is 11.8 Å². The Balaban J connectivity index is 1.50. The summed E-state index contributed by atoms with van der Waals surface area (Å²) in [5.41, 5.74) is 3.26. The highest BCUT2D eigenvalue weighted by Crippen LogP contribution is 2.35. The SMILES string of the molecule is Cc1ccccc1-n1c(SC(C)C(=O)NC2(C#N)CCCCC2)nnc1-c1c[nH]c2ccccc12. The Morgan fingerprint density at radius 3 is 2.66 bits per heavy atom. The van der Waals surface area contributed by atoms with Crippen molar-refractivity contribution in [2.45, 2.75) is 61.9 Å². The highest BCUT2D eigenvalue weighted by molar-refractivity contribution is 8.00. The highest BCUT2D eigenvalue weighted by Gasteiger charge is 2.35. The van der Waals surface area contributed by atoms with E-state index in [0.717, 1.165) is 47.0 Å². The predicted molar refractivity (Wildman–Crippen MR) is 138 cm³/mol. The molecule has 1 aliphatic rings. The van der Waals surface area contributed by atoms with Gasteiger partial charge in [-0.15, -0.1) is 10.2 Å². The topological polar surface area (TPSA) is 99.4 Å². The molecule has 4 aromatic rings. The zero-order chi connectivity index (χ0) is 24.4. The van der Waals surface area contributed by atoms with E-state index in [0.29, 0.717) is 23.8 Å². The fourth-order valence-corrected chi connectivity index (χ4v) is 5.64. The maximum Gasteiger partial charge on any atom is 0.234 e. The number of H-pyrrole nitrogens is 1. The van der Waals surface area contributed by atoms with Crippen molar-refractivity contribution in [1.29, 1.82) is 5.26 Å². The number of aromatic nitrogens is 4. The molecule has 1 amide bonds. The van der Waals surface area contributed by atoms with Crippen molar-refractivity contribution in [1.82, 2.24) is 25.1 Å². The van der Waals surface area contributed by atoms with E-state index >= 15 is 0 Å². The summed E-state index contributed by atoms with van der Waals surface area (Å²) < 4.78 is 2.03. The van der Waals surface area contributed by atoms with Gasteiger partial charge in [-0.2, -0.15) is 5.26 Å². The molecule has 0 saturated heterocycles. The summed E-state index contributed by atoms with van der Waals surface area (Å²) in [5.74, 6) is 0.569. The van der Waals surface area contributed by atoms with Crippen LogP contribution in [0.3, 0.4) is 0 Å². The second-order valence-corrected chi connectivity index (χ2v) is 10.5. The highest BCUT2D eigenvalue weighted by atomic mass is 32.2. The average Bonchev–Trinajstić information content (AvgIpc) is 3.49. The number of hydrogen-bond donors (Lipinski definition) is 2. The van der Waals surface area contributed by atoms with Crippen LogP contribution in [0.4, 0.5) is 0 Å². The predicted octanol–water partition coefficient (Wildman–Crippen LogP) is 5.55. The number of thioether (sulfide) groups is 1. The van der Waals surface area contributed by atoms with E-state index in [9.17, 15) is 10.1 Å². The lowest BCUT2D eigenvalue weighted by atomic mass is 9.83. The van der Waals surface area contributed by atoms with Gasteiger partial charge in [-0.05, 0) is 44.4 Å². The van der Waals surface area contributed by atoms with Gasteiger partial charge in [0.2, 0.25) is 5.91 Å². The first-order valence-electron chi connectivity index (χ1n) is 12.0. The number of hydrogen-bond acceptors (Lipinski definition) is 5. The number of benzene rings is 2. The molecule has 0 aliphatic heterocycles. The minimum Gasteiger partial charge on any atom is -0.360 e. The van der Waals surface area contributed by atoms with Gasteiger partial charge in [0.25, 0.3) is 0 Å². The summed E-state index contributed by atoms with van der Waals surface area (Å²) in [4.78, 5) is 16.5. The van der Waals surface area contributed by atoms with E-state index in [2.05, 4.69) is 45.6 Å². The third-order valence-electron chi connectivity index (χ3n) is 6.75. The first-order valence-corrected chi connectivity index (χ1v) is 12.9. The molecule has 0 bridgehead atoms. The molecule has 2 aromatic carbocycles.